The molecule has 0 bridgehead atoms. The molecule has 26 heavy (non-hydrogen) atoms. The van der Waals surface area contributed by atoms with E-state index in [0.717, 1.165) is 22.6 Å². The van der Waals surface area contributed by atoms with Crippen molar-refractivity contribution in [1.29, 1.82) is 0 Å². The number of hydrogen-bond donors (Lipinski definition) is 0. The van der Waals surface area contributed by atoms with Crippen molar-refractivity contribution in [2.75, 3.05) is 22.9 Å². The van der Waals surface area contributed by atoms with Crippen LogP contribution in [0.5, 0.6) is 0 Å². The smallest absolute Gasteiger partial charge is 0.300 e. The van der Waals surface area contributed by atoms with Crippen molar-refractivity contribution in [3.05, 3.63) is 21.9 Å². The van der Waals surface area contributed by atoms with Crippen LogP contribution in [0.2, 0.25) is 0 Å². The van der Waals surface area contributed by atoms with Crippen molar-refractivity contribution >= 4 is 57.4 Å². The topological polar surface area (TPSA) is 74.8 Å². The fourth-order valence-electron chi connectivity index (χ4n) is 3.28. The van der Waals surface area contributed by atoms with Crippen molar-refractivity contribution in [3.8, 4) is 9.75 Å². The second-order valence-corrected chi connectivity index (χ2v) is 8.33. The molecule has 0 aliphatic carbocycles. The highest BCUT2D eigenvalue weighted by Crippen LogP contribution is 2.47. The summed E-state index contributed by atoms with van der Waals surface area (Å²) in [7, 11) is 0. The first kappa shape index (κ1) is 17.1. The largest absolute Gasteiger partial charge is 0.304 e. The van der Waals surface area contributed by atoms with Crippen molar-refractivity contribution in [2.45, 2.75) is 26.7 Å². The maximum Gasteiger partial charge on any atom is 0.300 e. The molecule has 0 N–H and O–H groups in total. The summed E-state index contributed by atoms with van der Waals surface area (Å²) in [5.74, 6) is -1.87. The number of nitrogens with zero attached hydrogens (tertiary/aromatic N) is 2. The van der Waals surface area contributed by atoms with E-state index in [2.05, 4.69) is 0 Å². The summed E-state index contributed by atoms with van der Waals surface area (Å²) in [5, 5.41) is 0. The van der Waals surface area contributed by atoms with Gasteiger partial charge in [0.25, 0.3) is 23.4 Å². The highest BCUT2D eigenvalue weighted by Gasteiger charge is 2.40. The van der Waals surface area contributed by atoms with Gasteiger partial charge in [0.15, 0.2) is 0 Å². The Balaban J connectivity index is 1.74. The lowest BCUT2D eigenvalue weighted by atomic mass is 10.3. The Morgan fingerprint density at radius 3 is 1.46 bits per heavy atom. The van der Waals surface area contributed by atoms with E-state index in [9.17, 15) is 19.2 Å². The predicted molar refractivity (Wildman–Crippen MR) is 102 cm³/mol. The van der Waals surface area contributed by atoms with E-state index in [1.807, 2.05) is 26.0 Å². The summed E-state index contributed by atoms with van der Waals surface area (Å²) in [6.07, 6.45) is 1.53. The fraction of sp³-hybridized carbons (Fsp3) is 0.333. The van der Waals surface area contributed by atoms with Crippen molar-refractivity contribution in [1.82, 2.24) is 0 Å². The molecule has 0 fully saturated rings. The summed E-state index contributed by atoms with van der Waals surface area (Å²) >= 11 is 2.55. The van der Waals surface area contributed by atoms with Gasteiger partial charge in [0.2, 0.25) is 0 Å². The molecule has 4 heterocycles. The van der Waals surface area contributed by atoms with Crippen LogP contribution in [-0.4, -0.2) is 36.5 Å². The van der Waals surface area contributed by atoms with Crippen LogP contribution in [0.25, 0.3) is 9.75 Å². The molecule has 2 aromatic heterocycles. The molecule has 134 valence electrons. The molecule has 8 heteroatoms. The monoisotopic (exact) mass is 388 g/mol. The molecule has 2 aliphatic heterocycles. The third-order valence-corrected chi connectivity index (χ3v) is 6.88. The first-order valence-electron chi connectivity index (χ1n) is 8.48. The van der Waals surface area contributed by atoms with Crippen LogP contribution < -0.4 is 9.80 Å². The molecule has 6 nitrogen and oxygen atoms in total. The van der Waals surface area contributed by atoms with Crippen molar-refractivity contribution in [3.63, 3.8) is 0 Å². The number of anilines is 2. The van der Waals surface area contributed by atoms with E-state index < -0.39 is 23.4 Å². The Morgan fingerprint density at radius 2 is 1.12 bits per heavy atom. The minimum atomic E-state index is -0.469. The number of Topliss-reactive ketones (excluding diaryl/α,β-unsaturated/α-hetero) is 2. The molecule has 0 radical (unpaired) electrons. The minimum absolute atomic E-state index is 0.458. The number of carbonyl (C=O) groups is 4. The average Bonchev–Trinajstić information content (AvgIpc) is 3.33. The van der Waals surface area contributed by atoms with Crippen LogP contribution in [0.3, 0.4) is 0 Å². The Morgan fingerprint density at radius 1 is 0.731 bits per heavy atom. The van der Waals surface area contributed by atoms with Gasteiger partial charge in [-0.05, 0) is 25.0 Å². The summed E-state index contributed by atoms with van der Waals surface area (Å²) in [6, 6.07) is 3.69. The molecule has 0 unspecified atom stereocenters. The molecular weight excluding hydrogens is 372 g/mol. The third kappa shape index (κ3) is 2.29. The van der Waals surface area contributed by atoms with E-state index in [-0.39, 0.29) is 0 Å². The number of fused-ring (bicyclic) bond motifs is 2. The molecule has 0 saturated carbocycles. The Hall–Kier alpha value is -2.32. The van der Waals surface area contributed by atoms with Crippen molar-refractivity contribution in [2.24, 2.45) is 0 Å². The lowest BCUT2D eigenvalue weighted by Crippen LogP contribution is -2.30. The zero-order valence-corrected chi connectivity index (χ0v) is 16.0. The van der Waals surface area contributed by atoms with E-state index >= 15 is 0 Å². The van der Waals surface area contributed by atoms with E-state index in [4.69, 9.17) is 0 Å². The van der Waals surface area contributed by atoms with E-state index in [1.54, 1.807) is 0 Å². The summed E-state index contributed by atoms with van der Waals surface area (Å²) in [4.78, 5) is 54.2. The number of thiophene rings is 2. The number of carbonyl (C=O) groups excluding carboxylic acids is 4. The molecule has 2 amide bonds. The molecule has 0 spiro atoms. The Labute approximate surface area is 158 Å². The molecule has 0 aromatic carbocycles. The molecule has 2 aromatic rings. The zero-order valence-electron chi connectivity index (χ0n) is 14.3. The normalized spacial score (nSPS) is 16.1. The van der Waals surface area contributed by atoms with Crippen LogP contribution >= 0.6 is 22.7 Å². The first-order chi connectivity index (χ1) is 12.5. The first-order valence-corrected chi connectivity index (χ1v) is 10.1. The van der Waals surface area contributed by atoms with Gasteiger partial charge >= 0.3 is 0 Å². The SMILES string of the molecule is CCCN1C(=O)C(=O)c2sc(-c3cc4c(s3)C(=O)C(=O)N4CCC)cc21. The van der Waals surface area contributed by atoms with Crippen LogP contribution in [0, 0.1) is 0 Å². The number of ketones is 2. The van der Waals surface area contributed by atoms with Crippen LogP contribution in [-0.2, 0) is 9.59 Å². The van der Waals surface area contributed by atoms with Crippen molar-refractivity contribution < 1.29 is 19.2 Å². The molecular formula is C18H16N2O4S2. The highest BCUT2D eigenvalue weighted by atomic mass is 32.1. The highest BCUT2D eigenvalue weighted by molar-refractivity contribution is 7.25. The van der Waals surface area contributed by atoms with Gasteiger partial charge in [-0.3, -0.25) is 19.2 Å². The molecule has 0 atom stereocenters. The minimum Gasteiger partial charge on any atom is -0.304 e. The molecule has 0 saturated heterocycles. The van der Waals surface area contributed by atoms with Gasteiger partial charge in [-0.15, -0.1) is 22.7 Å². The summed E-state index contributed by atoms with van der Waals surface area (Å²) in [5.41, 5.74) is 1.31. The maximum atomic E-state index is 12.2. The number of hydrogen-bond acceptors (Lipinski definition) is 6. The van der Waals surface area contributed by atoms with Gasteiger partial charge in [-0.2, -0.15) is 0 Å². The van der Waals surface area contributed by atoms with Crippen LogP contribution in [0.15, 0.2) is 12.1 Å². The standard InChI is InChI=1S/C18H16N2O4S2/c1-3-5-19-9-7-11(25-15(9)13(21)17(19)23)12-8-10-16(26-12)14(22)18(24)20(10)6-4-2/h7-8H,3-6H2,1-2H3. The maximum absolute atomic E-state index is 12.2. The predicted octanol–water partition coefficient (Wildman–Crippen LogP) is 3.36. The van der Waals surface area contributed by atoms with E-state index in [0.29, 0.717) is 34.2 Å². The van der Waals surface area contributed by atoms with Crippen LogP contribution in [0.1, 0.15) is 46.0 Å². The van der Waals surface area contributed by atoms with Gasteiger partial charge in [0, 0.05) is 22.8 Å². The zero-order chi connectivity index (χ0) is 18.6. The van der Waals surface area contributed by atoms with Gasteiger partial charge in [-0.25, -0.2) is 0 Å². The Kier molecular flexibility index (Phi) is 4.04. The second-order valence-electron chi connectivity index (χ2n) is 6.22. The van der Waals surface area contributed by atoms with Gasteiger partial charge in [-0.1, -0.05) is 13.8 Å². The average molecular weight is 388 g/mol. The summed E-state index contributed by atoms with van der Waals surface area (Å²) < 4.78 is 0. The lowest BCUT2D eigenvalue weighted by Gasteiger charge is -2.14. The molecule has 4 rings (SSSR count). The number of amides is 2. The number of rotatable bonds is 5. The van der Waals surface area contributed by atoms with Gasteiger partial charge < -0.3 is 9.80 Å². The third-order valence-electron chi connectivity index (χ3n) is 4.44. The van der Waals surface area contributed by atoms with Crippen LogP contribution in [0.4, 0.5) is 11.4 Å². The van der Waals surface area contributed by atoms with Gasteiger partial charge in [0.1, 0.15) is 9.75 Å². The fourth-order valence-corrected chi connectivity index (χ4v) is 5.54. The lowest BCUT2D eigenvalue weighted by molar-refractivity contribution is -0.114. The van der Waals surface area contributed by atoms with E-state index in [1.165, 1.54) is 32.5 Å². The molecule has 2 aliphatic rings. The second kappa shape index (κ2) is 6.14. The quantitative estimate of drug-likeness (QED) is 0.736. The Bertz CT molecular complexity index is 894. The van der Waals surface area contributed by atoms with Gasteiger partial charge in [0.05, 0.1) is 11.4 Å². The summed E-state index contributed by atoms with van der Waals surface area (Å²) in [6.45, 7) is 4.92.